The summed E-state index contributed by atoms with van der Waals surface area (Å²) in [6.07, 6.45) is 7.00. The first-order chi connectivity index (χ1) is 18.4. The Balaban J connectivity index is 1.29. The van der Waals surface area contributed by atoms with Crippen LogP contribution < -0.4 is 16.6 Å². The number of aromatic nitrogens is 4. The van der Waals surface area contributed by atoms with E-state index in [1.165, 1.54) is 17.0 Å². The van der Waals surface area contributed by atoms with Crippen LogP contribution >= 0.6 is 0 Å². The molecule has 1 aromatic carbocycles. The molecular formula is C28H28N6O4. The maximum Gasteiger partial charge on any atom is 0.263 e. The number of ketones is 1. The highest BCUT2D eigenvalue weighted by Gasteiger charge is 2.32. The van der Waals surface area contributed by atoms with Crippen LogP contribution in [-0.4, -0.2) is 42.5 Å². The van der Waals surface area contributed by atoms with E-state index in [0.29, 0.717) is 47.9 Å². The van der Waals surface area contributed by atoms with Crippen LogP contribution in [0.15, 0.2) is 47.7 Å². The largest absolute Gasteiger partial charge is 0.396 e. The maximum absolute atomic E-state index is 13.0. The summed E-state index contributed by atoms with van der Waals surface area (Å²) in [5.41, 5.74) is 9.93. The zero-order chi connectivity index (χ0) is 26.6. The average molecular weight is 513 g/mol. The molecule has 6 rings (SSSR count). The summed E-state index contributed by atoms with van der Waals surface area (Å²) >= 11 is 0. The van der Waals surface area contributed by atoms with Gasteiger partial charge in [0.2, 0.25) is 0 Å². The van der Waals surface area contributed by atoms with Gasteiger partial charge in [-0.3, -0.25) is 14.4 Å². The number of anilines is 2. The van der Waals surface area contributed by atoms with Gasteiger partial charge in [-0.15, -0.1) is 0 Å². The van der Waals surface area contributed by atoms with Crippen molar-refractivity contribution < 1.29 is 14.7 Å². The van der Waals surface area contributed by atoms with Crippen LogP contribution in [0.1, 0.15) is 58.1 Å². The molecule has 38 heavy (non-hydrogen) atoms. The molecule has 1 saturated carbocycles. The van der Waals surface area contributed by atoms with E-state index in [2.05, 4.69) is 19.9 Å². The van der Waals surface area contributed by atoms with E-state index in [1.807, 2.05) is 18.3 Å². The number of nitrogens with zero attached hydrogens (tertiary/aromatic N) is 4. The third-order valence-corrected chi connectivity index (χ3v) is 7.86. The number of Topliss-reactive ketones (excluding diaryl/α,β-unsaturated/α-hetero) is 1. The third kappa shape index (κ3) is 3.88. The zero-order valence-electron chi connectivity index (χ0n) is 21.0. The number of carbonyl (C=O) groups is 2. The number of hydrogen-bond donors (Lipinski definition) is 3. The summed E-state index contributed by atoms with van der Waals surface area (Å²) in [5, 5.41) is 13.0. The number of nitrogens with two attached hydrogens (primary N) is 1. The number of nitrogen functional groups attached to an aromatic ring is 1. The monoisotopic (exact) mass is 512 g/mol. The number of nitrogens with one attached hydrogen (secondary N) is 1. The van der Waals surface area contributed by atoms with Gasteiger partial charge in [0.05, 0.1) is 5.39 Å². The Bertz CT molecular complexity index is 1650. The first-order valence-corrected chi connectivity index (χ1v) is 12.8. The Kier molecular flexibility index (Phi) is 5.83. The van der Waals surface area contributed by atoms with Crippen LogP contribution in [-0.2, 0) is 13.5 Å². The van der Waals surface area contributed by atoms with Gasteiger partial charge in [-0.1, -0.05) is 12.1 Å². The molecule has 194 valence electrons. The van der Waals surface area contributed by atoms with Gasteiger partial charge < -0.3 is 25.3 Å². The minimum Gasteiger partial charge on any atom is -0.396 e. The Morgan fingerprint density at radius 1 is 1.13 bits per heavy atom. The number of hydrogen-bond acceptors (Lipinski definition) is 7. The predicted octanol–water partition coefficient (Wildman–Crippen LogP) is 3.09. The van der Waals surface area contributed by atoms with Gasteiger partial charge in [-0.2, -0.15) is 0 Å². The van der Waals surface area contributed by atoms with Crippen molar-refractivity contribution in [2.45, 2.75) is 38.1 Å². The minimum atomic E-state index is -0.558. The molecule has 3 heterocycles. The highest BCUT2D eigenvalue weighted by molar-refractivity contribution is 6.07. The number of pyridine rings is 1. The lowest BCUT2D eigenvalue weighted by molar-refractivity contribution is 0.0970. The minimum absolute atomic E-state index is 0.0450. The van der Waals surface area contributed by atoms with Gasteiger partial charge in [0.1, 0.15) is 23.4 Å². The molecule has 0 atom stereocenters. The van der Waals surface area contributed by atoms with E-state index >= 15 is 0 Å². The quantitative estimate of drug-likeness (QED) is 0.373. The maximum atomic E-state index is 13.0. The smallest absolute Gasteiger partial charge is 0.263 e. The molecule has 10 heteroatoms. The van der Waals surface area contributed by atoms with Crippen LogP contribution in [0.4, 0.5) is 11.5 Å². The van der Waals surface area contributed by atoms with Crippen molar-refractivity contribution in [3.05, 3.63) is 70.0 Å². The molecule has 0 unspecified atom stereocenters. The van der Waals surface area contributed by atoms with E-state index in [-0.39, 0.29) is 24.0 Å². The van der Waals surface area contributed by atoms with Crippen molar-refractivity contribution in [2.75, 3.05) is 17.7 Å². The lowest BCUT2D eigenvalue weighted by Crippen LogP contribution is -2.32. The summed E-state index contributed by atoms with van der Waals surface area (Å²) in [6, 6.07) is 8.93. The Labute approximate surface area is 218 Å². The first kappa shape index (κ1) is 24.1. The molecule has 3 aromatic heterocycles. The predicted molar refractivity (Wildman–Crippen MR) is 143 cm³/mol. The standard InChI is InChI=1S/C28H28N6O4/c1-33-22-3-2-4-23(36)19(22)11-20(28(33)38)27(37)32-17-7-5-16(6-8-17)21-12-34(18-9-15(10-18)13-35)26-24(21)25(29)30-14-31-26/h5-8,11-12,14-15,18,35H,2-4,9-10,13H2,1H3,(H,32,37)(H2,29,30,31)/t15-,18+. The molecule has 2 aliphatic rings. The van der Waals surface area contributed by atoms with Crippen molar-refractivity contribution in [3.63, 3.8) is 0 Å². The molecule has 0 saturated heterocycles. The van der Waals surface area contributed by atoms with Crippen LogP contribution in [0.5, 0.6) is 0 Å². The molecule has 1 amide bonds. The van der Waals surface area contributed by atoms with E-state index in [9.17, 15) is 19.5 Å². The van der Waals surface area contributed by atoms with E-state index in [1.54, 1.807) is 19.2 Å². The second-order valence-electron chi connectivity index (χ2n) is 10.2. The van der Waals surface area contributed by atoms with Gasteiger partial charge in [0.25, 0.3) is 11.5 Å². The molecule has 0 bridgehead atoms. The van der Waals surface area contributed by atoms with Crippen LogP contribution in [0.3, 0.4) is 0 Å². The molecule has 10 nitrogen and oxygen atoms in total. The molecule has 2 aliphatic carbocycles. The summed E-state index contributed by atoms with van der Waals surface area (Å²) < 4.78 is 3.52. The number of amides is 1. The molecular weight excluding hydrogens is 484 g/mol. The van der Waals surface area contributed by atoms with Crippen molar-refractivity contribution in [1.29, 1.82) is 0 Å². The van der Waals surface area contributed by atoms with Crippen LogP contribution in [0.2, 0.25) is 0 Å². The van der Waals surface area contributed by atoms with Crippen molar-refractivity contribution in [1.82, 2.24) is 19.1 Å². The van der Waals surface area contributed by atoms with Gasteiger partial charge >= 0.3 is 0 Å². The third-order valence-electron chi connectivity index (χ3n) is 7.86. The lowest BCUT2D eigenvalue weighted by Gasteiger charge is -2.35. The summed E-state index contributed by atoms with van der Waals surface area (Å²) in [7, 11) is 1.60. The second kappa shape index (κ2) is 9.21. The van der Waals surface area contributed by atoms with Crippen LogP contribution in [0.25, 0.3) is 22.2 Å². The SMILES string of the molecule is Cn1c2c(cc(C(=O)Nc3ccc(-c4cn([C@H]5C[C@@H](CO)C5)c5ncnc(N)c45)cc3)c1=O)C(=O)CCC2. The first-order valence-electron chi connectivity index (χ1n) is 12.8. The van der Waals surface area contributed by atoms with Gasteiger partial charge in [0.15, 0.2) is 5.78 Å². The molecule has 4 aromatic rings. The van der Waals surface area contributed by atoms with Crippen molar-refractivity contribution in [3.8, 4) is 11.1 Å². The normalized spacial score (nSPS) is 18.7. The Morgan fingerprint density at radius 2 is 1.89 bits per heavy atom. The number of rotatable bonds is 5. The zero-order valence-corrected chi connectivity index (χ0v) is 21.0. The number of aliphatic hydroxyl groups is 1. The fourth-order valence-corrected chi connectivity index (χ4v) is 5.64. The number of carbonyl (C=O) groups excluding carboxylic acids is 2. The highest BCUT2D eigenvalue weighted by atomic mass is 16.3. The summed E-state index contributed by atoms with van der Waals surface area (Å²) in [5.74, 6) is 0.0821. The summed E-state index contributed by atoms with van der Waals surface area (Å²) in [4.78, 5) is 46.9. The summed E-state index contributed by atoms with van der Waals surface area (Å²) in [6.45, 7) is 0.181. The molecule has 0 spiro atoms. The molecule has 1 fully saturated rings. The number of benzene rings is 1. The lowest BCUT2D eigenvalue weighted by atomic mass is 9.81. The number of fused-ring (bicyclic) bond motifs is 2. The molecule has 0 radical (unpaired) electrons. The van der Waals surface area contributed by atoms with Gasteiger partial charge in [-0.05, 0) is 55.4 Å². The van der Waals surface area contributed by atoms with E-state index in [0.717, 1.165) is 35.0 Å². The highest BCUT2D eigenvalue weighted by Crippen LogP contribution is 2.42. The Hall–Kier alpha value is -4.31. The fraction of sp³-hybridized carbons (Fsp3) is 0.321. The topological polar surface area (TPSA) is 145 Å². The average Bonchev–Trinajstić information content (AvgIpc) is 3.27. The van der Waals surface area contributed by atoms with Gasteiger partial charge in [0, 0.05) is 54.8 Å². The number of aliphatic hydroxyl groups excluding tert-OH is 1. The molecule has 4 N–H and O–H groups in total. The fourth-order valence-electron chi connectivity index (χ4n) is 5.64. The molecule has 0 aliphatic heterocycles. The van der Waals surface area contributed by atoms with E-state index in [4.69, 9.17) is 5.73 Å². The van der Waals surface area contributed by atoms with E-state index < -0.39 is 11.5 Å². The van der Waals surface area contributed by atoms with Crippen molar-refractivity contribution >= 4 is 34.2 Å². The second-order valence-corrected chi connectivity index (χ2v) is 10.2. The van der Waals surface area contributed by atoms with Gasteiger partial charge in [-0.25, -0.2) is 9.97 Å². The van der Waals surface area contributed by atoms with Crippen molar-refractivity contribution in [2.24, 2.45) is 13.0 Å². The Morgan fingerprint density at radius 3 is 2.63 bits per heavy atom. The van der Waals surface area contributed by atoms with Crippen LogP contribution in [0, 0.1) is 5.92 Å².